The SMILES string of the molecule is Cc1cccc(C)c1-c1noc(N)c1-c1cccc(Br)c1. The van der Waals surface area contributed by atoms with Gasteiger partial charge in [0, 0.05) is 10.0 Å². The van der Waals surface area contributed by atoms with Crippen LogP contribution in [0.15, 0.2) is 51.5 Å². The topological polar surface area (TPSA) is 52.0 Å². The van der Waals surface area contributed by atoms with Crippen molar-refractivity contribution in [1.29, 1.82) is 0 Å². The quantitative estimate of drug-likeness (QED) is 0.715. The van der Waals surface area contributed by atoms with E-state index in [4.69, 9.17) is 10.3 Å². The predicted molar refractivity (Wildman–Crippen MR) is 89.0 cm³/mol. The summed E-state index contributed by atoms with van der Waals surface area (Å²) < 4.78 is 6.26. The highest BCUT2D eigenvalue weighted by atomic mass is 79.9. The van der Waals surface area contributed by atoms with E-state index in [1.807, 2.05) is 30.3 Å². The van der Waals surface area contributed by atoms with E-state index in [9.17, 15) is 0 Å². The highest BCUT2D eigenvalue weighted by Gasteiger charge is 2.20. The summed E-state index contributed by atoms with van der Waals surface area (Å²) >= 11 is 3.49. The molecule has 0 spiro atoms. The van der Waals surface area contributed by atoms with Crippen molar-refractivity contribution < 1.29 is 4.52 Å². The number of rotatable bonds is 2. The molecule has 0 saturated heterocycles. The van der Waals surface area contributed by atoms with Crippen molar-refractivity contribution in [1.82, 2.24) is 5.16 Å². The third kappa shape index (κ3) is 2.47. The lowest BCUT2D eigenvalue weighted by Crippen LogP contribution is -1.92. The molecule has 1 heterocycles. The molecule has 0 bridgehead atoms. The molecule has 0 fully saturated rings. The largest absolute Gasteiger partial charge is 0.367 e. The molecule has 0 amide bonds. The lowest BCUT2D eigenvalue weighted by molar-refractivity contribution is 0.439. The fraction of sp³-hybridized carbons (Fsp3) is 0.118. The Labute approximate surface area is 131 Å². The fourth-order valence-electron chi connectivity index (χ4n) is 2.58. The summed E-state index contributed by atoms with van der Waals surface area (Å²) in [6.45, 7) is 4.13. The van der Waals surface area contributed by atoms with Gasteiger partial charge in [0.15, 0.2) is 0 Å². The Kier molecular flexibility index (Phi) is 3.55. The van der Waals surface area contributed by atoms with Gasteiger partial charge in [-0.25, -0.2) is 0 Å². The lowest BCUT2D eigenvalue weighted by Gasteiger charge is -2.09. The number of aryl methyl sites for hydroxylation is 2. The first kappa shape index (κ1) is 13.9. The molecule has 4 heteroatoms. The Hall–Kier alpha value is -2.07. The van der Waals surface area contributed by atoms with Gasteiger partial charge >= 0.3 is 0 Å². The molecular weight excluding hydrogens is 328 g/mol. The molecule has 0 aliphatic rings. The van der Waals surface area contributed by atoms with Gasteiger partial charge in [-0.2, -0.15) is 0 Å². The maximum atomic E-state index is 6.02. The average Bonchev–Trinajstić information content (AvgIpc) is 2.80. The van der Waals surface area contributed by atoms with Gasteiger partial charge in [0.2, 0.25) is 5.88 Å². The van der Waals surface area contributed by atoms with E-state index in [2.05, 4.69) is 47.1 Å². The van der Waals surface area contributed by atoms with Gasteiger partial charge in [0.05, 0.1) is 5.56 Å². The number of nitrogens with zero attached hydrogens (tertiary/aromatic N) is 1. The highest BCUT2D eigenvalue weighted by molar-refractivity contribution is 9.10. The van der Waals surface area contributed by atoms with Crippen LogP contribution >= 0.6 is 15.9 Å². The van der Waals surface area contributed by atoms with Crippen LogP contribution in [0.4, 0.5) is 5.88 Å². The van der Waals surface area contributed by atoms with Crippen LogP contribution in [0.1, 0.15) is 11.1 Å². The van der Waals surface area contributed by atoms with Crippen molar-refractivity contribution in [3.8, 4) is 22.4 Å². The first-order valence-electron chi connectivity index (χ1n) is 6.65. The summed E-state index contributed by atoms with van der Waals surface area (Å²) in [6.07, 6.45) is 0. The molecule has 2 aromatic carbocycles. The van der Waals surface area contributed by atoms with E-state index >= 15 is 0 Å². The van der Waals surface area contributed by atoms with E-state index in [1.165, 1.54) is 0 Å². The third-order valence-electron chi connectivity index (χ3n) is 3.55. The maximum Gasteiger partial charge on any atom is 0.230 e. The molecule has 0 saturated carbocycles. The van der Waals surface area contributed by atoms with Crippen LogP contribution in [0, 0.1) is 13.8 Å². The Balaban J connectivity index is 2.27. The van der Waals surface area contributed by atoms with Crippen LogP contribution < -0.4 is 5.73 Å². The fourth-order valence-corrected chi connectivity index (χ4v) is 2.98. The van der Waals surface area contributed by atoms with E-state index in [-0.39, 0.29) is 0 Å². The Morgan fingerprint density at radius 2 is 1.67 bits per heavy atom. The molecule has 0 unspecified atom stereocenters. The van der Waals surface area contributed by atoms with Crippen molar-refractivity contribution in [3.05, 3.63) is 58.1 Å². The van der Waals surface area contributed by atoms with Gasteiger partial charge in [-0.15, -0.1) is 0 Å². The van der Waals surface area contributed by atoms with Crippen LogP contribution in [0.25, 0.3) is 22.4 Å². The number of benzene rings is 2. The normalized spacial score (nSPS) is 10.8. The Morgan fingerprint density at radius 3 is 2.33 bits per heavy atom. The molecule has 106 valence electrons. The highest BCUT2D eigenvalue weighted by Crippen LogP contribution is 2.39. The number of halogens is 1. The minimum atomic E-state index is 0.339. The second-order valence-corrected chi connectivity index (χ2v) is 5.96. The monoisotopic (exact) mass is 342 g/mol. The van der Waals surface area contributed by atoms with Gasteiger partial charge in [0.1, 0.15) is 5.69 Å². The van der Waals surface area contributed by atoms with Crippen LogP contribution in [0.5, 0.6) is 0 Å². The van der Waals surface area contributed by atoms with Crippen molar-refractivity contribution >= 4 is 21.8 Å². The summed E-state index contributed by atoms with van der Waals surface area (Å²) in [5.41, 5.74) is 12.0. The zero-order valence-corrected chi connectivity index (χ0v) is 13.4. The Morgan fingerprint density at radius 1 is 1.00 bits per heavy atom. The molecule has 3 aromatic rings. The number of aromatic nitrogens is 1. The maximum absolute atomic E-state index is 6.02. The first-order valence-corrected chi connectivity index (χ1v) is 7.45. The molecule has 21 heavy (non-hydrogen) atoms. The zero-order chi connectivity index (χ0) is 15.0. The second-order valence-electron chi connectivity index (χ2n) is 5.05. The van der Waals surface area contributed by atoms with Crippen molar-refractivity contribution in [2.45, 2.75) is 13.8 Å². The van der Waals surface area contributed by atoms with Crippen LogP contribution in [0.2, 0.25) is 0 Å². The summed E-state index contributed by atoms with van der Waals surface area (Å²) in [5.74, 6) is 0.339. The molecule has 2 N–H and O–H groups in total. The van der Waals surface area contributed by atoms with E-state index in [0.717, 1.165) is 38.0 Å². The third-order valence-corrected chi connectivity index (χ3v) is 4.04. The van der Waals surface area contributed by atoms with Crippen molar-refractivity contribution in [3.63, 3.8) is 0 Å². The van der Waals surface area contributed by atoms with Crippen molar-refractivity contribution in [2.75, 3.05) is 5.73 Å². The molecule has 0 radical (unpaired) electrons. The zero-order valence-electron chi connectivity index (χ0n) is 11.9. The van der Waals surface area contributed by atoms with Gasteiger partial charge in [-0.1, -0.05) is 51.4 Å². The molecule has 0 aliphatic carbocycles. The van der Waals surface area contributed by atoms with Crippen LogP contribution in [0.3, 0.4) is 0 Å². The summed E-state index contributed by atoms with van der Waals surface area (Å²) in [5, 5.41) is 4.20. The molecular formula is C17H15BrN2O. The summed E-state index contributed by atoms with van der Waals surface area (Å²) in [6, 6.07) is 14.1. The second kappa shape index (κ2) is 5.37. The number of anilines is 1. The lowest BCUT2D eigenvalue weighted by atomic mass is 9.95. The molecule has 3 rings (SSSR count). The van der Waals surface area contributed by atoms with E-state index in [1.54, 1.807) is 0 Å². The van der Waals surface area contributed by atoms with E-state index in [0.29, 0.717) is 5.88 Å². The smallest absolute Gasteiger partial charge is 0.230 e. The molecule has 0 aliphatic heterocycles. The number of hydrogen-bond donors (Lipinski definition) is 1. The standard InChI is InChI=1S/C17H15BrN2O/c1-10-5-3-6-11(2)14(10)16-15(17(19)21-20-16)12-7-4-8-13(18)9-12/h3-9H,19H2,1-2H3. The van der Waals surface area contributed by atoms with Crippen LogP contribution in [-0.2, 0) is 0 Å². The summed E-state index contributed by atoms with van der Waals surface area (Å²) in [4.78, 5) is 0. The first-order chi connectivity index (χ1) is 10.1. The number of nitrogen functional groups attached to an aromatic ring is 1. The predicted octanol–water partition coefficient (Wildman–Crippen LogP) is 4.97. The summed E-state index contributed by atoms with van der Waals surface area (Å²) in [7, 11) is 0. The Bertz CT molecular complexity index is 788. The molecule has 0 atom stereocenters. The number of hydrogen-bond acceptors (Lipinski definition) is 3. The average molecular weight is 343 g/mol. The van der Waals surface area contributed by atoms with E-state index < -0.39 is 0 Å². The van der Waals surface area contributed by atoms with Gasteiger partial charge < -0.3 is 10.3 Å². The number of nitrogens with two attached hydrogens (primary N) is 1. The van der Waals surface area contributed by atoms with Crippen molar-refractivity contribution in [2.24, 2.45) is 0 Å². The minimum Gasteiger partial charge on any atom is -0.367 e. The van der Waals surface area contributed by atoms with Gasteiger partial charge in [0.25, 0.3) is 0 Å². The molecule has 3 nitrogen and oxygen atoms in total. The minimum absolute atomic E-state index is 0.339. The molecule has 1 aromatic heterocycles. The van der Waals surface area contributed by atoms with Crippen LogP contribution in [-0.4, -0.2) is 5.16 Å². The van der Waals surface area contributed by atoms with Gasteiger partial charge in [-0.3, -0.25) is 0 Å². The van der Waals surface area contributed by atoms with Gasteiger partial charge in [-0.05, 0) is 42.7 Å².